The minimum Gasteiger partial charge on any atom is -0.382 e. The summed E-state index contributed by atoms with van der Waals surface area (Å²) < 4.78 is 0. The van der Waals surface area contributed by atoms with E-state index in [1.807, 2.05) is 0 Å². The zero-order valence-electron chi connectivity index (χ0n) is 6.23. The Hall–Kier alpha value is -1.30. The van der Waals surface area contributed by atoms with E-state index in [1.54, 1.807) is 12.1 Å². The van der Waals surface area contributed by atoms with E-state index in [0.29, 0.717) is 10.8 Å². The molecule has 0 saturated heterocycles. The molecular formula is C6H8N4OS. The van der Waals surface area contributed by atoms with E-state index >= 15 is 0 Å². The molecule has 64 valence electrons. The van der Waals surface area contributed by atoms with Gasteiger partial charge in [0, 0.05) is 0 Å². The van der Waals surface area contributed by atoms with Crippen molar-refractivity contribution in [1.29, 1.82) is 0 Å². The molecule has 0 unspecified atom stereocenters. The molecule has 0 aliphatic carbocycles. The van der Waals surface area contributed by atoms with Crippen molar-refractivity contribution in [2.24, 2.45) is 5.73 Å². The molecule has 0 aliphatic rings. The van der Waals surface area contributed by atoms with Crippen molar-refractivity contribution in [2.75, 3.05) is 11.5 Å². The Morgan fingerprint density at radius 1 is 1.50 bits per heavy atom. The maximum atomic E-state index is 10.4. The molecule has 5 nitrogen and oxygen atoms in total. The van der Waals surface area contributed by atoms with Crippen LogP contribution in [0.3, 0.4) is 0 Å². The fourth-order valence-electron chi connectivity index (χ4n) is 0.552. The molecule has 0 atom stereocenters. The molecular weight excluding hydrogens is 176 g/mol. The predicted molar refractivity (Wildman–Crippen MR) is 46.4 cm³/mol. The standard InChI is InChI=1S/C6H8N4OS/c7-4-1-2-6(10-9-4)12-3-5(8)11/h1-2H,3H2,(H2,7,9)(H2,8,11). The Labute approximate surface area is 73.5 Å². The van der Waals surface area contributed by atoms with Crippen LogP contribution in [-0.4, -0.2) is 21.9 Å². The van der Waals surface area contributed by atoms with Gasteiger partial charge in [0.15, 0.2) is 0 Å². The van der Waals surface area contributed by atoms with E-state index in [2.05, 4.69) is 10.2 Å². The number of carbonyl (C=O) groups is 1. The summed E-state index contributed by atoms with van der Waals surface area (Å²) in [6.45, 7) is 0. The largest absolute Gasteiger partial charge is 0.382 e. The quantitative estimate of drug-likeness (QED) is 0.625. The van der Waals surface area contributed by atoms with E-state index in [0.717, 1.165) is 0 Å². The zero-order valence-corrected chi connectivity index (χ0v) is 7.04. The van der Waals surface area contributed by atoms with Gasteiger partial charge in [-0.2, -0.15) is 0 Å². The number of thioether (sulfide) groups is 1. The highest BCUT2D eigenvalue weighted by molar-refractivity contribution is 7.99. The molecule has 0 fully saturated rings. The highest BCUT2D eigenvalue weighted by atomic mass is 32.2. The van der Waals surface area contributed by atoms with Gasteiger partial charge in [0.25, 0.3) is 0 Å². The number of carbonyl (C=O) groups excluding carboxylic acids is 1. The molecule has 6 heteroatoms. The number of amides is 1. The molecule has 0 spiro atoms. The van der Waals surface area contributed by atoms with Crippen LogP contribution in [0.5, 0.6) is 0 Å². The molecule has 1 aromatic rings. The van der Waals surface area contributed by atoms with Gasteiger partial charge < -0.3 is 11.5 Å². The summed E-state index contributed by atoms with van der Waals surface area (Å²) in [7, 11) is 0. The Morgan fingerprint density at radius 2 is 2.25 bits per heavy atom. The van der Waals surface area contributed by atoms with E-state index < -0.39 is 0 Å². The molecule has 0 aromatic carbocycles. The number of hydrogen-bond acceptors (Lipinski definition) is 5. The number of hydrogen-bond donors (Lipinski definition) is 2. The summed E-state index contributed by atoms with van der Waals surface area (Å²) in [6.07, 6.45) is 0. The van der Waals surface area contributed by atoms with Gasteiger partial charge in [0.2, 0.25) is 5.91 Å². The topological polar surface area (TPSA) is 94.9 Å². The van der Waals surface area contributed by atoms with Gasteiger partial charge in [0.1, 0.15) is 10.8 Å². The van der Waals surface area contributed by atoms with E-state index in [4.69, 9.17) is 11.5 Å². The Balaban J connectivity index is 2.53. The van der Waals surface area contributed by atoms with Crippen LogP contribution in [0, 0.1) is 0 Å². The second kappa shape index (κ2) is 3.91. The fraction of sp³-hybridized carbons (Fsp3) is 0.167. The van der Waals surface area contributed by atoms with Crippen LogP contribution in [-0.2, 0) is 4.79 Å². The van der Waals surface area contributed by atoms with Gasteiger partial charge in [-0.25, -0.2) is 0 Å². The Bertz CT molecular complexity index is 273. The first-order valence-corrected chi connectivity index (χ1v) is 4.17. The van der Waals surface area contributed by atoms with Crippen molar-refractivity contribution in [3.63, 3.8) is 0 Å². The average Bonchev–Trinajstić information content (AvgIpc) is 2.03. The SMILES string of the molecule is NC(=O)CSc1ccc(N)nn1. The lowest BCUT2D eigenvalue weighted by Crippen LogP contribution is -2.13. The van der Waals surface area contributed by atoms with Crippen molar-refractivity contribution in [3.8, 4) is 0 Å². The highest BCUT2D eigenvalue weighted by Crippen LogP contribution is 2.13. The zero-order chi connectivity index (χ0) is 8.97. The van der Waals surface area contributed by atoms with Gasteiger partial charge in [-0.3, -0.25) is 4.79 Å². The number of rotatable bonds is 3. The van der Waals surface area contributed by atoms with Crippen LogP contribution >= 0.6 is 11.8 Å². The maximum absolute atomic E-state index is 10.4. The minimum absolute atomic E-state index is 0.207. The van der Waals surface area contributed by atoms with Crippen LogP contribution in [0.15, 0.2) is 17.2 Å². The lowest BCUT2D eigenvalue weighted by molar-refractivity contribution is -0.115. The third-order valence-corrected chi connectivity index (χ3v) is 1.97. The molecule has 0 radical (unpaired) electrons. The monoisotopic (exact) mass is 184 g/mol. The summed E-state index contributed by atoms with van der Waals surface area (Å²) in [5, 5.41) is 7.98. The molecule has 1 amide bonds. The second-order valence-corrected chi connectivity index (χ2v) is 3.05. The normalized spacial score (nSPS) is 9.67. The number of anilines is 1. The number of primary amides is 1. The number of nitrogen functional groups attached to an aromatic ring is 1. The molecule has 12 heavy (non-hydrogen) atoms. The highest BCUT2D eigenvalue weighted by Gasteiger charge is 1.98. The maximum Gasteiger partial charge on any atom is 0.227 e. The average molecular weight is 184 g/mol. The number of aromatic nitrogens is 2. The minimum atomic E-state index is -0.376. The van der Waals surface area contributed by atoms with Gasteiger partial charge in [-0.15, -0.1) is 10.2 Å². The van der Waals surface area contributed by atoms with E-state index in [9.17, 15) is 4.79 Å². The Kier molecular flexibility index (Phi) is 2.87. The van der Waals surface area contributed by atoms with Gasteiger partial charge >= 0.3 is 0 Å². The molecule has 0 bridgehead atoms. The van der Waals surface area contributed by atoms with Gasteiger partial charge in [0.05, 0.1) is 5.75 Å². The van der Waals surface area contributed by atoms with Crippen LogP contribution in [0.4, 0.5) is 5.82 Å². The number of nitrogens with zero attached hydrogens (tertiary/aromatic N) is 2. The van der Waals surface area contributed by atoms with Crippen molar-refractivity contribution in [1.82, 2.24) is 10.2 Å². The van der Waals surface area contributed by atoms with Crippen LogP contribution in [0.25, 0.3) is 0 Å². The van der Waals surface area contributed by atoms with E-state index in [1.165, 1.54) is 11.8 Å². The second-order valence-electron chi connectivity index (χ2n) is 2.05. The molecule has 4 N–H and O–H groups in total. The summed E-state index contributed by atoms with van der Waals surface area (Å²) in [6, 6.07) is 3.31. The van der Waals surface area contributed by atoms with Crippen molar-refractivity contribution >= 4 is 23.5 Å². The summed E-state index contributed by atoms with van der Waals surface area (Å²) in [5.41, 5.74) is 10.2. The van der Waals surface area contributed by atoms with Crippen LogP contribution < -0.4 is 11.5 Å². The van der Waals surface area contributed by atoms with Crippen molar-refractivity contribution in [2.45, 2.75) is 5.03 Å². The first-order chi connectivity index (χ1) is 5.68. The molecule has 1 rings (SSSR count). The smallest absolute Gasteiger partial charge is 0.227 e. The molecule has 1 aromatic heterocycles. The van der Waals surface area contributed by atoms with Crippen LogP contribution in [0.2, 0.25) is 0 Å². The first-order valence-electron chi connectivity index (χ1n) is 3.19. The Morgan fingerprint density at radius 3 is 2.75 bits per heavy atom. The van der Waals surface area contributed by atoms with Crippen LogP contribution in [0.1, 0.15) is 0 Å². The van der Waals surface area contributed by atoms with Crippen molar-refractivity contribution in [3.05, 3.63) is 12.1 Å². The number of nitrogens with two attached hydrogens (primary N) is 2. The summed E-state index contributed by atoms with van der Waals surface area (Å²) in [5.74, 6) is 0.190. The molecule has 0 saturated carbocycles. The summed E-state index contributed by atoms with van der Waals surface area (Å²) >= 11 is 1.23. The lowest BCUT2D eigenvalue weighted by Gasteiger charge is -1.96. The van der Waals surface area contributed by atoms with E-state index in [-0.39, 0.29) is 11.7 Å². The first kappa shape index (κ1) is 8.79. The van der Waals surface area contributed by atoms with Gasteiger partial charge in [-0.1, -0.05) is 11.8 Å². The fourth-order valence-corrected chi connectivity index (χ4v) is 1.11. The third-order valence-electron chi connectivity index (χ3n) is 1.02. The molecule has 0 aliphatic heterocycles. The lowest BCUT2D eigenvalue weighted by atomic mass is 10.5. The van der Waals surface area contributed by atoms with Gasteiger partial charge in [-0.05, 0) is 12.1 Å². The third kappa shape index (κ3) is 2.75. The summed E-state index contributed by atoms with van der Waals surface area (Å²) in [4.78, 5) is 10.4. The van der Waals surface area contributed by atoms with Crippen molar-refractivity contribution < 1.29 is 4.79 Å². The molecule has 1 heterocycles. The predicted octanol–water partition coefficient (Wildman–Crippen LogP) is -0.364.